The predicted octanol–water partition coefficient (Wildman–Crippen LogP) is 3.05. The first-order chi connectivity index (χ1) is 16.0. The molecule has 1 aliphatic heterocycles. The smallest absolute Gasteiger partial charge is 0.275 e. The number of carbonyl (C=O) groups excluding carboxylic acids is 1. The Labute approximate surface area is 191 Å². The SMILES string of the molecule is O=C(c1ccccc1F)N1CCN(Cc2cc(=O)n3nc(-c4cccc(F)c4)sc3n2)CC1. The van der Waals surface area contributed by atoms with Crippen LogP contribution in [0.5, 0.6) is 0 Å². The molecule has 0 N–H and O–H groups in total. The van der Waals surface area contributed by atoms with E-state index in [2.05, 4.69) is 15.0 Å². The molecule has 0 spiro atoms. The van der Waals surface area contributed by atoms with Crippen LogP contribution < -0.4 is 5.56 Å². The fourth-order valence-corrected chi connectivity index (χ4v) is 4.74. The third-order valence-corrected chi connectivity index (χ3v) is 6.48. The maximum absolute atomic E-state index is 13.9. The molecule has 0 bridgehead atoms. The van der Waals surface area contributed by atoms with Gasteiger partial charge in [-0.05, 0) is 24.3 Å². The molecule has 33 heavy (non-hydrogen) atoms. The van der Waals surface area contributed by atoms with E-state index in [9.17, 15) is 18.4 Å². The minimum Gasteiger partial charge on any atom is -0.336 e. The molecule has 4 aromatic rings. The second kappa shape index (κ2) is 8.80. The average Bonchev–Trinajstić information content (AvgIpc) is 3.24. The van der Waals surface area contributed by atoms with Crippen LogP contribution in [0, 0.1) is 11.6 Å². The van der Waals surface area contributed by atoms with Crippen LogP contribution in [-0.4, -0.2) is 56.5 Å². The third-order valence-electron chi connectivity index (χ3n) is 5.52. The number of amides is 1. The van der Waals surface area contributed by atoms with Gasteiger partial charge in [-0.3, -0.25) is 14.5 Å². The molecule has 2 aromatic carbocycles. The predicted molar refractivity (Wildman–Crippen MR) is 120 cm³/mol. The normalized spacial score (nSPS) is 14.7. The van der Waals surface area contributed by atoms with Crippen LogP contribution in [-0.2, 0) is 6.54 Å². The fourth-order valence-electron chi connectivity index (χ4n) is 3.82. The van der Waals surface area contributed by atoms with Crippen LogP contribution >= 0.6 is 11.3 Å². The molecule has 3 heterocycles. The lowest BCUT2D eigenvalue weighted by Crippen LogP contribution is -2.48. The van der Waals surface area contributed by atoms with Crippen molar-refractivity contribution in [2.75, 3.05) is 26.2 Å². The van der Waals surface area contributed by atoms with Crippen LogP contribution in [0.4, 0.5) is 8.78 Å². The summed E-state index contributed by atoms with van der Waals surface area (Å²) in [6.07, 6.45) is 0. The Balaban J connectivity index is 1.29. The van der Waals surface area contributed by atoms with E-state index in [4.69, 9.17) is 0 Å². The summed E-state index contributed by atoms with van der Waals surface area (Å²) in [5.74, 6) is -1.22. The number of halogens is 2. The summed E-state index contributed by atoms with van der Waals surface area (Å²) in [7, 11) is 0. The van der Waals surface area contributed by atoms with Gasteiger partial charge in [-0.25, -0.2) is 13.8 Å². The van der Waals surface area contributed by atoms with Crippen molar-refractivity contribution in [3.05, 3.63) is 87.8 Å². The summed E-state index contributed by atoms with van der Waals surface area (Å²) in [5, 5.41) is 4.79. The molecule has 0 radical (unpaired) electrons. The van der Waals surface area contributed by atoms with Crippen LogP contribution in [0.15, 0.2) is 59.4 Å². The summed E-state index contributed by atoms with van der Waals surface area (Å²) in [6.45, 7) is 2.52. The fraction of sp³-hybridized carbons (Fsp3) is 0.217. The Bertz CT molecular complexity index is 1400. The Kier molecular flexibility index (Phi) is 5.69. The van der Waals surface area contributed by atoms with Crippen LogP contribution in [0.1, 0.15) is 16.1 Å². The molecule has 0 unspecified atom stereocenters. The zero-order valence-electron chi connectivity index (χ0n) is 17.4. The van der Waals surface area contributed by atoms with Gasteiger partial charge in [0, 0.05) is 44.4 Å². The number of carbonyl (C=O) groups is 1. The number of hydrogen-bond acceptors (Lipinski definition) is 6. The van der Waals surface area contributed by atoms with Crippen LogP contribution in [0.3, 0.4) is 0 Å². The van der Waals surface area contributed by atoms with Crippen molar-refractivity contribution in [2.45, 2.75) is 6.54 Å². The molecule has 1 fully saturated rings. The highest BCUT2D eigenvalue weighted by atomic mass is 32.1. The Morgan fingerprint density at radius 1 is 1.00 bits per heavy atom. The maximum Gasteiger partial charge on any atom is 0.275 e. The summed E-state index contributed by atoms with van der Waals surface area (Å²) < 4.78 is 28.7. The minimum atomic E-state index is -0.523. The van der Waals surface area contributed by atoms with E-state index in [0.29, 0.717) is 53.9 Å². The van der Waals surface area contributed by atoms with Crippen molar-refractivity contribution < 1.29 is 13.6 Å². The molecule has 1 saturated heterocycles. The number of benzene rings is 2. The highest BCUT2D eigenvalue weighted by Gasteiger charge is 2.24. The first-order valence-electron chi connectivity index (χ1n) is 10.4. The average molecular weight is 468 g/mol. The monoisotopic (exact) mass is 467 g/mol. The van der Waals surface area contributed by atoms with Crippen molar-refractivity contribution in [3.8, 4) is 10.6 Å². The number of aromatic nitrogens is 3. The third kappa shape index (κ3) is 4.39. The van der Waals surface area contributed by atoms with Crippen molar-refractivity contribution >= 4 is 22.2 Å². The van der Waals surface area contributed by atoms with E-state index < -0.39 is 5.82 Å². The molecule has 0 aliphatic carbocycles. The van der Waals surface area contributed by atoms with E-state index in [1.54, 1.807) is 29.2 Å². The van der Waals surface area contributed by atoms with E-state index in [1.165, 1.54) is 46.2 Å². The number of piperazine rings is 1. The van der Waals surface area contributed by atoms with Gasteiger partial charge in [0.25, 0.3) is 11.5 Å². The topological polar surface area (TPSA) is 70.8 Å². The quantitative estimate of drug-likeness (QED) is 0.462. The molecule has 7 nitrogen and oxygen atoms in total. The lowest BCUT2D eigenvalue weighted by molar-refractivity contribution is 0.0622. The molecule has 2 aromatic heterocycles. The highest BCUT2D eigenvalue weighted by Crippen LogP contribution is 2.25. The molecule has 168 valence electrons. The van der Waals surface area contributed by atoms with Gasteiger partial charge in [0.1, 0.15) is 16.6 Å². The zero-order valence-corrected chi connectivity index (χ0v) is 18.3. The molecular formula is C23H19F2N5O2S. The summed E-state index contributed by atoms with van der Waals surface area (Å²) >= 11 is 1.22. The van der Waals surface area contributed by atoms with Gasteiger partial charge in [0.05, 0.1) is 11.3 Å². The van der Waals surface area contributed by atoms with Gasteiger partial charge >= 0.3 is 0 Å². The van der Waals surface area contributed by atoms with E-state index in [-0.39, 0.29) is 22.8 Å². The second-order valence-corrected chi connectivity index (χ2v) is 8.70. The van der Waals surface area contributed by atoms with Gasteiger partial charge in [0.2, 0.25) is 4.96 Å². The van der Waals surface area contributed by atoms with Crippen molar-refractivity contribution in [1.82, 2.24) is 24.4 Å². The van der Waals surface area contributed by atoms with Crippen LogP contribution in [0.25, 0.3) is 15.5 Å². The number of rotatable bonds is 4. The first kappa shape index (κ1) is 21.4. The van der Waals surface area contributed by atoms with Gasteiger partial charge in [-0.1, -0.05) is 35.6 Å². The summed E-state index contributed by atoms with van der Waals surface area (Å²) in [5.41, 5.74) is 0.957. The molecule has 5 rings (SSSR count). The Morgan fingerprint density at radius 2 is 1.79 bits per heavy atom. The number of hydrogen-bond donors (Lipinski definition) is 0. The zero-order chi connectivity index (χ0) is 22.9. The number of nitrogens with zero attached hydrogens (tertiary/aromatic N) is 5. The Hall–Kier alpha value is -3.50. The standard InChI is InChI=1S/C23H19F2N5O2S/c24-16-5-3-4-15(12-16)21-27-30-20(31)13-17(26-23(30)33-21)14-28-8-10-29(11-9-28)22(32)18-6-1-2-7-19(18)25/h1-7,12-13H,8-11,14H2. The minimum absolute atomic E-state index is 0.0744. The van der Waals surface area contributed by atoms with E-state index in [1.807, 2.05) is 0 Å². The first-order valence-corrected chi connectivity index (χ1v) is 11.2. The maximum atomic E-state index is 13.9. The lowest BCUT2D eigenvalue weighted by atomic mass is 10.1. The van der Waals surface area contributed by atoms with E-state index in [0.717, 1.165) is 0 Å². The molecule has 0 saturated carbocycles. The van der Waals surface area contributed by atoms with Crippen molar-refractivity contribution in [2.24, 2.45) is 0 Å². The van der Waals surface area contributed by atoms with Crippen molar-refractivity contribution in [3.63, 3.8) is 0 Å². The Morgan fingerprint density at radius 3 is 2.55 bits per heavy atom. The molecule has 0 atom stereocenters. The largest absolute Gasteiger partial charge is 0.336 e. The lowest BCUT2D eigenvalue weighted by Gasteiger charge is -2.34. The highest BCUT2D eigenvalue weighted by molar-refractivity contribution is 7.19. The van der Waals surface area contributed by atoms with Gasteiger partial charge in [0.15, 0.2) is 0 Å². The molecule has 10 heteroatoms. The van der Waals surface area contributed by atoms with Crippen LogP contribution in [0.2, 0.25) is 0 Å². The van der Waals surface area contributed by atoms with Gasteiger partial charge in [-0.15, -0.1) is 0 Å². The van der Waals surface area contributed by atoms with Gasteiger partial charge in [-0.2, -0.15) is 9.61 Å². The summed E-state index contributed by atoms with van der Waals surface area (Å²) in [6, 6.07) is 13.5. The molecule has 1 amide bonds. The van der Waals surface area contributed by atoms with E-state index >= 15 is 0 Å². The molecule has 1 aliphatic rings. The van der Waals surface area contributed by atoms with Gasteiger partial charge < -0.3 is 4.90 Å². The van der Waals surface area contributed by atoms with Crippen molar-refractivity contribution in [1.29, 1.82) is 0 Å². The molecular weight excluding hydrogens is 448 g/mol. The summed E-state index contributed by atoms with van der Waals surface area (Å²) in [4.78, 5) is 33.9. The second-order valence-electron chi connectivity index (χ2n) is 7.75. The number of fused-ring (bicyclic) bond motifs is 1.